The highest BCUT2D eigenvalue weighted by Crippen LogP contribution is 2.23. The second-order valence-corrected chi connectivity index (χ2v) is 6.79. The number of hydrogen-bond donors (Lipinski definition) is 0. The van der Waals surface area contributed by atoms with E-state index in [0.717, 1.165) is 10.6 Å². The lowest BCUT2D eigenvalue weighted by molar-refractivity contribution is 0.0735. The van der Waals surface area contributed by atoms with Crippen LogP contribution in [0.15, 0.2) is 48.5 Å². The molecular weight excluding hydrogens is 316 g/mol. The maximum Gasteiger partial charge on any atom is 0.345 e. The molecule has 23 heavy (non-hydrogen) atoms. The highest BCUT2D eigenvalue weighted by atomic mass is 32.2. The lowest BCUT2D eigenvalue weighted by Gasteiger charge is -2.19. The fourth-order valence-corrected chi connectivity index (χ4v) is 2.38. The molecule has 0 amide bonds. The molecule has 6 nitrogen and oxygen atoms in total. The van der Waals surface area contributed by atoms with Gasteiger partial charge in [-0.05, 0) is 36.4 Å². The average molecular weight is 330 g/mol. The summed E-state index contributed by atoms with van der Waals surface area (Å²) in [5.74, 6) is -0.411. The summed E-state index contributed by atoms with van der Waals surface area (Å²) in [6, 6.07) is 14.3. The monoisotopic (exact) mass is 330 g/mol. The van der Waals surface area contributed by atoms with Crippen molar-refractivity contribution < 1.29 is 17.9 Å². The van der Waals surface area contributed by atoms with Gasteiger partial charge in [0.25, 0.3) is 0 Å². The van der Waals surface area contributed by atoms with Gasteiger partial charge >= 0.3 is 5.97 Å². The molecule has 0 N–H and O–H groups in total. The first-order valence-corrected chi connectivity index (χ1v) is 8.43. The van der Waals surface area contributed by atoms with Crippen LogP contribution in [0.1, 0.15) is 15.9 Å². The van der Waals surface area contributed by atoms with E-state index in [2.05, 4.69) is 0 Å². The Morgan fingerprint density at radius 3 is 2.30 bits per heavy atom. The van der Waals surface area contributed by atoms with E-state index in [1.807, 2.05) is 6.07 Å². The number of anilines is 1. The van der Waals surface area contributed by atoms with E-state index in [0.29, 0.717) is 5.56 Å². The number of hydrogen-bond acceptors (Lipinski definition) is 5. The second kappa shape index (κ2) is 6.50. The fourth-order valence-electron chi connectivity index (χ4n) is 1.86. The van der Waals surface area contributed by atoms with Gasteiger partial charge in [0.1, 0.15) is 5.75 Å². The summed E-state index contributed by atoms with van der Waals surface area (Å²) >= 11 is 0. The molecule has 2 aromatic carbocycles. The number of benzene rings is 2. The number of para-hydroxylation sites is 1. The van der Waals surface area contributed by atoms with Crippen LogP contribution >= 0.6 is 0 Å². The van der Waals surface area contributed by atoms with E-state index >= 15 is 0 Å². The zero-order chi connectivity index (χ0) is 17.0. The minimum absolute atomic E-state index is 0.129. The molecular formula is C16H14N2O4S. The molecule has 0 fully saturated rings. The number of rotatable bonds is 4. The standard InChI is InChI=1S/C16H14N2O4S/c1-18(23(2,20)21)15-6-4-3-5-14(15)16(19)22-13-9-7-12(11-17)8-10-13/h3-10H,1-2H3. The van der Waals surface area contributed by atoms with Crippen molar-refractivity contribution in [3.05, 3.63) is 59.7 Å². The lowest BCUT2D eigenvalue weighted by Crippen LogP contribution is -2.27. The molecule has 0 bridgehead atoms. The molecule has 0 aliphatic rings. The summed E-state index contributed by atoms with van der Waals surface area (Å²) in [6.07, 6.45) is 1.05. The van der Waals surface area contributed by atoms with E-state index < -0.39 is 16.0 Å². The van der Waals surface area contributed by atoms with E-state index in [9.17, 15) is 13.2 Å². The normalized spacial score (nSPS) is 10.7. The summed E-state index contributed by atoms with van der Waals surface area (Å²) in [5.41, 5.74) is 0.806. The van der Waals surface area contributed by atoms with Crippen molar-refractivity contribution in [1.82, 2.24) is 0 Å². The molecule has 2 aromatic rings. The van der Waals surface area contributed by atoms with Crippen molar-refractivity contribution in [3.8, 4) is 11.8 Å². The van der Waals surface area contributed by atoms with Crippen LogP contribution in [0.5, 0.6) is 5.75 Å². The second-order valence-electron chi connectivity index (χ2n) is 4.77. The van der Waals surface area contributed by atoms with Gasteiger partial charge in [-0.1, -0.05) is 12.1 Å². The van der Waals surface area contributed by atoms with Crippen molar-refractivity contribution >= 4 is 21.7 Å². The molecule has 0 heterocycles. The van der Waals surface area contributed by atoms with Gasteiger partial charge in [0.2, 0.25) is 10.0 Å². The van der Waals surface area contributed by atoms with Gasteiger partial charge in [-0.2, -0.15) is 5.26 Å². The van der Waals surface area contributed by atoms with Crippen LogP contribution < -0.4 is 9.04 Å². The lowest BCUT2D eigenvalue weighted by atomic mass is 10.2. The van der Waals surface area contributed by atoms with Gasteiger partial charge in [-0.25, -0.2) is 13.2 Å². The topological polar surface area (TPSA) is 87.5 Å². The Morgan fingerprint density at radius 1 is 1.13 bits per heavy atom. The number of nitrogens with zero attached hydrogens (tertiary/aromatic N) is 2. The molecule has 0 aliphatic heterocycles. The average Bonchev–Trinajstić information content (AvgIpc) is 2.54. The number of ether oxygens (including phenoxy) is 1. The van der Waals surface area contributed by atoms with E-state index in [4.69, 9.17) is 10.00 Å². The van der Waals surface area contributed by atoms with Gasteiger partial charge in [-0.3, -0.25) is 4.31 Å². The van der Waals surface area contributed by atoms with Crippen LogP contribution in [0.2, 0.25) is 0 Å². The molecule has 0 saturated heterocycles. The zero-order valence-electron chi connectivity index (χ0n) is 12.6. The number of esters is 1. The maximum atomic E-state index is 12.3. The Bertz CT molecular complexity index is 868. The third-order valence-corrected chi connectivity index (χ3v) is 4.35. The van der Waals surface area contributed by atoms with Gasteiger partial charge in [0, 0.05) is 7.05 Å². The first-order valence-electron chi connectivity index (χ1n) is 6.58. The van der Waals surface area contributed by atoms with Crippen molar-refractivity contribution in [3.63, 3.8) is 0 Å². The molecule has 0 aliphatic carbocycles. The fraction of sp³-hybridized carbons (Fsp3) is 0.125. The number of carbonyl (C=O) groups excluding carboxylic acids is 1. The Kier molecular flexibility index (Phi) is 4.67. The molecule has 0 aromatic heterocycles. The minimum atomic E-state index is -3.50. The molecule has 7 heteroatoms. The summed E-state index contributed by atoms with van der Waals surface area (Å²) in [4.78, 5) is 12.3. The van der Waals surface area contributed by atoms with E-state index in [-0.39, 0.29) is 17.0 Å². The number of nitriles is 1. The first-order chi connectivity index (χ1) is 10.8. The summed E-state index contributed by atoms with van der Waals surface area (Å²) in [7, 11) is -2.14. The Labute approximate surface area is 134 Å². The summed E-state index contributed by atoms with van der Waals surface area (Å²) in [6.45, 7) is 0. The van der Waals surface area contributed by atoms with Gasteiger partial charge in [0.05, 0.1) is 29.1 Å². The van der Waals surface area contributed by atoms with Gasteiger partial charge in [-0.15, -0.1) is 0 Å². The molecule has 0 unspecified atom stereocenters. The number of carbonyl (C=O) groups is 1. The van der Waals surface area contributed by atoms with Crippen LogP contribution in [0.4, 0.5) is 5.69 Å². The van der Waals surface area contributed by atoms with Crippen molar-refractivity contribution in [1.29, 1.82) is 5.26 Å². The molecule has 118 valence electrons. The highest BCUT2D eigenvalue weighted by molar-refractivity contribution is 7.92. The largest absolute Gasteiger partial charge is 0.423 e. The van der Waals surface area contributed by atoms with Crippen LogP contribution in [0.25, 0.3) is 0 Å². The van der Waals surface area contributed by atoms with Crippen LogP contribution in [0.3, 0.4) is 0 Å². The minimum Gasteiger partial charge on any atom is -0.423 e. The summed E-state index contributed by atoms with van der Waals surface area (Å²) in [5, 5.41) is 8.74. The van der Waals surface area contributed by atoms with Gasteiger partial charge < -0.3 is 4.74 Å². The predicted molar refractivity (Wildman–Crippen MR) is 85.8 cm³/mol. The molecule has 2 rings (SSSR count). The molecule has 0 radical (unpaired) electrons. The number of sulfonamides is 1. The molecule has 0 atom stereocenters. The van der Waals surface area contributed by atoms with Crippen molar-refractivity contribution in [2.24, 2.45) is 0 Å². The van der Waals surface area contributed by atoms with Crippen LogP contribution in [-0.4, -0.2) is 27.7 Å². The predicted octanol–water partition coefficient (Wildman–Crippen LogP) is 2.17. The Balaban J connectivity index is 2.31. The third-order valence-electron chi connectivity index (χ3n) is 3.15. The smallest absolute Gasteiger partial charge is 0.345 e. The van der Waals surface area contributed by atoms with Crippen molar-refractivity contribution in [2.75, 3.05) is 17.6 Å². The van der Waals surface area contributed by atoms with Crippen molar-refractivity contribution in [2.45, 2.75) is 0 Å². The zero-order valence-corrected chi connectivity index (χ0v) is 13.4. The van der Waals surface area contributed by atoms with E-state index in [1.54, 1.807) is 12.1 Å². The Hall–Kier alpha value is -2.85. The maximum absolute atomic E-state index is 12.3. The first kappa shape index (κ1) is 16.5. The van der Waals surface area contributed by atoms with E-state index in [1.165, 1.54) is 43.4 Å². The van der Waals surface area contributed by atoms with Crippen LogP contribution in [-0.2, 0) is 10.0 Å². The summed E-state index contributed by atoms with van der Waals surface area (Å²) < 4.78 is 29.6. The van der Waals surface area contributed by atoms with Gasteiger partial charge in [0.15, 0.2) is 0 Å². The third kappa shape index (κ3) is 3.87. The highest BCUT2D eigenvalue weighted by Gasteiger charge is 2.20. The quantitative estimate of drug-likeness (QED) is 0.633. The SMILES string of the molecule is CN(c1ccccc1C(=O)Oc1ccc(C#N)cc1)S(C)(=O)=O. The Morgan fingerprint density at radius 2 is 1.74 bits per heavy atom. The molecule has 0 saturated carbocycles. The van der Waals surface area contributed by atoms with Crippen LogP contribution in [0, 0.1) is 11.3 Å². The molecule has 0 spiro atoms.